The van der Waals surface area contributed by atoms with Crippen LogP contribution in [-0.4, -0.2) is 21.6 Å². The molecule has 1 aromatic rings. The number of rotatable bonds is 0. The Bertz CT molecular complexity index is 347. The maximum absolute atomic E-state index is 11.2. The highest BCUT2D eigenvalue weighted by Crippen LogP contribution is 2.14. The van der Waals surface area contributed by atoms with Crippen LogP contribution in [0.4, 0.5) is 0 Å². The van der Waals surface area contributed by atoms with E-state index >= 15 is 0 Å². The number of aromatic amines is 1. The third kappa shape index (κ3) is 1.03. The van der Waals surface area contributed by atoms with Crippen molar-refractivity contribution >= 4 is 0 Å². The van der Waals surface area contributed by atoms with Crippen LogP contribution in [-0.2, 0) is 6.54 Å². The van der Waals surface area contributed by atoms with Crippen molar-refractivity contribution in [3.63, 3.8) is 0 Å². The lowest BCUT2D eigenvalue weighted by Gasteiger charge is -2.19. The van der Waals surface area contributed by atoms with Gasteiger partial charge in [-0.1, -0.05) is 0 Å². The first kappa shape index (κ1) is 7.45. The molecule has 1 aromatic heterocycles. The molecule has 0 radical (unpaired) electrons. The van der Waals surface area contributed by atoms with Crippen LogP contribution in [0.25, 0.3) is 0 Å². The maximum atomic E-state index is 11.2. The van der Waals surface area contributed by atoms with Gasteiger partial charge < -0.3 is 15.4 Å². The van der Waals surface area contributed by atoms with Crippen LogP contribution in [0.5, 0.6) is 0 Å². The number of aromatic nitrogens is 2. The molecule has 0 amide bonds. The quantitative estimate of drug-likeness (QED) is 0.458. The minimum atomic E-state index is -0.730. The average Bonchev–Trinajstić information content (AvgIpc) is 2.04. The smallest absolute Gasteiger partial charge is 0.256 e. The lowest BCUT2D eigenvalue weighted by Crippen LogP contribution is -2.34. The molecule has 5 nitrogen and oxygen atoms in total. The van der Waals surface area contributed by atoms with E-state index < -0.39 is 6.10 Å². The number of nitrogens with one attached hydrogen (secondary N) is 2. The first-order chi connectivity index (χ1) is 5.79. The molecule has 12 heavy (non-hydrogen) atoms. The Hall–Kier alpha value is -1.20. The van der Waals surface area contributed by atoms with Crippen LogP contribution < -0.4 is 10.9 Å². The number of nitrogens with zero attached hydrogens (tertiary/aromatic N) is 1. The molecule has 2 rings (SSSR count). The van der Waals surface area contributed by atoms with Crippen LogP contribution in [0.15, 0.2) is 11.1 Å². The Kier molecular flexibility index (Phi) is 1.67. The number of aliphatic hydroxyl groups is 1. The molecule has 0 spiro atoms. The minimum absolute atomic E-state index is 0.242. The van der Waals surface area contributed by atoms with Gasteiger partial charge in [-0.25, -0.2) is 4.98 Å². The second kappa shape index (κ2) is 2.69. The number of H-pyrrole nitrogens is 1. The first-order valence-corrected chi connectivity index (χ1v) is 3.74. The van der Waals surface area contributed by atoms with E-state index in [2.05, 4.69) is 15.3 Å². The highest BCUT2D eigenvalue weighted by Gasteiger charge is 2.21. The SMILES string of the molecule is O=c1[nH]cnc2c1C(O)CNC2. The summed E-state index contributed by atoms with van der Waals surface area (Å²) >= 11 is 0. The largest absolute Gasteiger partial charge is 0.387 e. The fraction of sp³-hybridized carbons (Fsp3) is 0.429. The second-order valence-electron chi connectivity index (χ2n) is 2.74. The van der Waals surface area contributed by atoms with Crippen molar-refractivity contribution in [3.05, 3.63) is 27.9 Å². The summed E-state index contributed by atoms with van der Waals surface area (Å²) in [4.78, 5) is 17.6. The molecule has 0 fully saturated rings. The van der Waals surface area contributed by atoms with Gasteiger partial charge >= 0.3 is 0 Å². The van der Waals surface area contributed by atoms with E-state index in [4.69, 9.17) is 0 Å². The Labute approximate surface area is 68.5 Å². The molecule has 5 heteroatoms. The molecule has 1 atom stereocenters. The summed E-state index contributed by atoms with van der Waals surface area (Å²) < 4.78 is 0. The molecule has 0 aromatic carbocycles. The van der Waals surface area contributed by atoms with Crippen molar-refractivity contribution in [2.45, 2.75) is 12.6 Å². The van der Waals surface area contributed by atoms with E-state index in [1.165, 1.54) is 6.33 Å². The molecule has 1 unspecified atom stereocenters. The monoisotopic (exact) mass is 167 g/mol. The van der Waals surface area contributed by atoms with Gasteiger partial charge in [0.25, 0.3) is 5.56 Å². The normalized spacial score (nSPS) is 21.9. The summed E-state index contributed by atoms with van der Waals surface area (Å²) in [7, 11) is 0. The zero-order valence-corrected chi connectivity index (χ0v) is 6.37. The molecule has 2 heterocycles. The molecule has 0 aliphatic carbocycles. The fourth-order valence-corrected chi connectivity index (χ4v) is 1.36. The fourth-order valence-electron chi connectivity index (χ4n) is 1.36. The Balaban J connectivity index is 2.61. The van der Waals surface area contributed by atoms with Gasteiger partial charge in [0, 0.05) is 13.1 Å². The summed E-state index contributed by atoms with van der Waals surface area (Å²) in [6.07, 6.45) is 0.618. The molecule has 1 aliphatic heterocycles. The van der Waals surface area contributed by atoms with E-state index in [0.29, 0.717) is 24.3 Å². The molecular formula is C7H9N3O2. The van der Waals surface area contributed by atoms with Gasteiger partial charge in [-0.3, -0.25) is 4.79 Å². The zero-order chi connectivity index (χ0) is 8.55. The average molecular weight is 167 g/mol. The maximum Gasteiger partial charge on any atom is 0.256 e. The van der Waals surface area contributed by atoms with Crippen LogP contribution in [0.1, 0.15) is 17.4 Å². The molecule has 64 valence electrons. The van der Waals surface area contributed by atoms with Gasteiger partial charge in [-0.05, 0) is 0 Å². The van der Waals surface area contributed by atoms with Gasteiger partial charge in [0.2, 0.25) is 0 Å². The predicted octanol–water partition coefficient (Wildman–Crippen LogP) is -1.09. The van der Waals surface area contributed by atoms with E-state index in [0.717, 1.165) is 0 Å². The van der Waals surface area contributed by atoms with E-state index in [1.807, 2.05) is 0 Å². The number of hydrogen-bond acceptors (Lipinski definition) is 4. The zero-order valence-electron chi connectivity index (χ0n) is 6.37. The summed E-state index contributed by atoms with van der Waals surface area (Å²) in [5.74, 6) is 0. The standard InChI is InChI=1S/C7H9N3O2/c11-5-2-8-1-4-6(5)7(12)10-3-9-4/h3,5,8,11H,1-2H2,(H,9,10,12). The summed E-state index contributed by atoms with van der Waals surface area (Å²) in [6, 6.07) is 0. The number of aliphatic hydroxyl groups excluding tert-OH is 1. The summed E-state index contributed by atoms with van der Waals surface area (Å²) in [5, 5.41) is 12.4. The highest BCUT2D eigenvalue weighted by molar-refractivity contribution is 5.21. The Morgan fingerprint density at radius 1 is 1.67 bits per heavy atom. The lowest BCUT2D eigenvalue weighted by atomic mass is 10.1. The van der Waals surface area contributed by atoms with E-state index in [-0.39, 0.29) is 5.56 Å². The van der Waals surface area contributed by atoms with Gasteiger partial charge in [0.1, 0.15) is 0 Å². The first-order valence-electron chi connectivity index (χ1n) is 3.74. The van der Waals surface area contributed by atoms with Crippen LogP contribution in [0.3, 0.4) is 0 Å². The van der Waals surface area contributed by atoms with Crippen LogP contribution in [0, 0.1) is 0 Å². The Morgan fingerprint density at radius 3 is 3.25 bits per heavy atom. The third-order valence-electron chi connectivity index (χ3n) is 1.93. The topological polar surface area (TPSA) is 78.0 Å². The van der Waals surface area contributed by atoms with Gasteiger partial charge in [-0.2, -0.15) is 0 Å². The molecule has 3 N–H and O–H groups in total. The minimum Gasteiger partial charge on any atom is -0.387 e. The molecule has 0 saturated heterocycles. The number of hydrogen-bond donors (Lipinski definition) is 3. The highest BCUT2D eigenvalue weighted by atomic mass is 16.3. The van der Waals surface area contributed by atoms with Crippen molar-refractivity contribution in [2.75, 3.05) is 6.54 Å². The molecule has 0 saturated carbocycles. The molecule has 0 bridgehead atoms. The van der Waals surface area contributed by atoms with Crippen molar-refractivity contribution in [3.8, 4) is 0 Å². The van der Waals surface area contributed by atoms with Gasteiger partial charge in [0.05, 0.1) is 23.7 Å². The van der Waals surface area contributed by atoms with Crippen molar-refractivity contribution in [1.82, 2.24) is 15.3 Å². The van der Waals surface area contributed by atoms with E-state index in [9.17, 15) is 9.90 Å². The molecular weight excluding hydrogens is 158 g/mol. The molecule has 1 aliphatic rings. The predicted molar refractivity (Wildman–Crippen MR) is 41.5 cm³/mol. The van der Waals surface area contributed by atoms with Crippen molar-refractivity contribution in [1.29, 1.82) is 0 Å². The summed E-state index contributed by atoms with van der Waals surface area (Å²) in [6.45, 7) is 0.970. The second-order valence-corrected chi connectivity index (χ2v) is 2.74. The van der Waals surface area contributed by atoms with Crippen LogP contribution >= 0.6 is 0 Å². The van der Waals surface area contributed by atoms with E-state index in [1.54, 1.807) is 0 Å². The summed E-state index contributed by atoms with van der Waals surface area (Å²) in [5.41, 5.74) is 0.794. The van der Waals surface area contributed by atoms with Gasteiger partial charge in [-0.15, -0.1) is 0 Å². The number of β-amino-alcohol motifs (C(OH)–C–C–N with tert-alkyl or cyclic N) is 1. The third-order valence-corrected chi connectivity index (χ3v) is 1.93. The van der Waals surface area contributed by atoms with Crippen molar-refractivity contribution in [2.24, 2.45) is 0 Å². The van der Waals surface area contributed by atoms with Crippen LogP contribution in [0.2, 0.25) is 0 Å². The Morgan fingerprint density at radius 2 is 2.50 bits per heavy atom. The van der Waals surface area contributed by atoms with Gasteiger partial charge in [0.15, 0.2) is 0 Å². The number of fused-ring (bicyclic) bond motifs is 1. The lowest BCUT2D eigenvalue weighted by molar-refractivity contribution is 0.162. The van der Waals surface area contributed by atoms with Crippen molar-refractivity contribution < 1.29 is 5.11 Å².